The number of nitrogens with zero attached hydrogens (tertiary/aromatic N) is 3. The van der Waals surface area contributed by atoms with Crippen LogP contribution in [0.25, 0.3) is 0 Å². The van der Waals surface area contributed by atoms with Crippen LogP contribution in [0, 0.1) is 0 Å². The lowest BCUT2D eigenvalue weighted by Crippen LogP contribution is -2.08. The van der Waals surface area contributed by atoms with Crippen molar-refractivity contribution in [3.8, 4) is 5.88 Å². The maximum absolute atomic E-state index is 11.6. The van der Waals surface area contributed by atoms with E-state index in [1.54, 1.807) is 19.4 Å². The Balaban J connectivity index is 1.56. The second kappa shape index (κ2) is 8.60. The molecule has 8 nitrogen and oxygen atoms in total. The van der Waals surface area contributed by atoms with Crippen LogP contribution in [0.15, 0.2) is 61.4 Å². The first-order valence-electron chi connectivity index (χ1n) is 9.59. The number of nitrogens with one attached hydrogen (secondary N) is 3. The van der Waals surface area contributed by atoms with Gasteiger partial charge in [0.25, 0.3) is 0 Å². The van der Waals surface area contributed by atoms with Gasteiger partial charge < -0.3 is 20.7 Å². The Morgan fingerprint density at radius 2 is 1.93 bits per heavy atom. The van der Waals surface area contributed by atoms with E-state index in [9.17, 15) is 4.79 Å². The zero-order chi connectivity index (χ0) is 20.9. The van der Waals surface area contributed by atoms with Gasteiger partial charge in [0.2, 0.25) is 17.7 Å². The summed E-state index contributed by atoms with van der Waals surface area (Å²) in [6, 6.07) is 11.1. The fourth-order valence-corrected chi connectivity index (χ4v) is 2.95. The molecule has 0 radical (unpaired) electrons. The maximum Gasteiger partial charge on any atom is 0.247 e. The molecule has 0 spiro atoms. The van der Waals surface area contributed by atoms with Crippen molar-refractivity contribution in [1.29, 1.82) is 0 Å². The van der Waals surface area contributed by atoms with Crippen molar-refractivity contribution in [3.63, 3.8) is 0 Å². The molecule has 4 rings (SSSR count). The summed E-state index contributed by atoms with van der Waals surface area (Å²) in [5, 5.41) is 9.29. The number of methoxy groups -OCH3 is 1. The van der Waals surface area contributed by atoms with Crippen LogP contribution in [-0.4, -0.2) is 28.0 Å². The van der Waals surface area contributed by atoms with Gasteiger partial charge in [-0.2, -0.15) is 4.98 Å². The summed E-state index contributed by atoms with van der Waals surface area (Å²) in [6.45, 7) is 3.48. The lowest BCUT2D eigenvalue weighted by Gasteiger charge is -2.13. The van der Waals surface area contributed by atoms with E-state index in [1.165, 1.54) is 6.08 Å². The second-order valence-electron chi connectivity index (χ2n) is 6.89. The molecule has 1 aromatic carbocycles. The minimum absolute atomic E-state index is 0.257. The third kappa shape index (κ3) is 4.72. The molecule has 1 amide bonds. The Kier molecular flexibility index (Phi) is 5.56. The van der Waals surface area contributed by atoms with Crippen molar-refractivity contribution in [2.24, 2.45) is 0 Å². The highest BCUT2D eigenvalue weighted by molar-refractivity contribution is 5.99. The summed E-state index contributed by atoms with van der Waals surface area (Å²) < 4.78 is 5.08. The molecule has 0 unspecified atom stereocenters. The summed E-state index contributed by atoms with van der Waals surface area (Å²) in [4.78, 5) is 24.9. The predicted octanol–water partition coefficient (Wildman–Crippen LogP) is 4.37. The van der Waals surface area contributed by atoms with Crippen LogP contribution in [0.1, 0.15) is 24.3 Å². The first-order chi connectivity index (χ1) is 14.6. The molecule has 152 valence electrons. The lowest BCUT2D eigenvalue weighted by atomic mass is 10.2. The van der Waals surface area contributed by atoms with Crippen LogP contribution >= 0.6 is 0 Å². The Morgan fingerprint density at radius 1 is 1.10 bits per heavy atom. The van der Waals surface area contributed by atoms with E-state index in [1.807, 2.05) is 36.5 Å². The first kappa shape index (κ1) is 19.4. The minimum Gasteiger partial charge on any atom is -0.481 e. The number of ether oxygens (including phenoxy) is 1. The van der Waals surface area contributed by atoms with Gasteiger partial charge in [0.15, 0.2) is 0 Å². The molecule has 0 saturated heterocycles. The van der Waals surface area contributed by atoms with Crippen LogP contribution in [0.4, 0.5) is 28.8 Å². The number of rotatable bonds is 8. The standard InChI is InChI=1S/C22H22N6O2/c1-3-19(29)25-15-5-4-6-16(11-15)26-21-18(14-7-8-14)13-24-22(28-21)27-17-9-10-20(30-2)23-12-17/h3-6,9-14H,1,7-8H2,2H3,(H,25,29)(H2,24,26,27,28). The van der Waals surface area contributed by atoms with Crippen molar-refractivity contribution in [2.75, 3.05) is 23.1 Å². The molecular weight excluding hydrogens is 380 g/mol. The zero-order valence-corrected chi connectivity index (χ0v) is 16.6. The maximum atomic E-state index is 11.6. The average molecular weight is 402 g/mol. The van der Waals surface area contributed by atoms with Crippen molar-refractivity contribution in [2.45, 2.75) is 18.8 Å². The van der Waals surface area contributed by atoms with Gasteiger partial charge in [0, 0.05) is 29.2 Å². The minimum atomic E-state index is -0.257. The topological polar surface area (TPSA) is 101 Å². The highest BCUT2D eigenvalue weighted by atomic mass is 16.5. The van der Waals surface area contributed by atoms with E-state index >= 15 is 0 Å². The molecule has 30 heavy (non-hydrogen) atoms. The number of benzene rings is 1. The summed E-state index contributed by atoms with van der Waals surface area (Å²) in [5.74, 6) is 1.95. The van der Waals surface area contributed by atoms with E-state index < -0.39 is 0 Å². The molecule has 2 heterocycles. The Hall–Kier alpha value is -3.94. The van der Waals surface area contributed by atoms with Gasteiger partial charge in [-0.25, -0.2) is 9.97 Å². The predicted molar refractivity (Wildman–Crippen MR) is 117 cm³/mol. The summed E-state index contributed by atoms with van der Waals surface area (Å²) in [5.41, 5.74) is 3.33. The molecular formula is C22H22N6O2. The third-order valence-corrected chi connectivity index (χ3v) is 4.61. The van der Waals surface area contributed by atoms with Crippen molar-refractivity contribution < 1.29 is 9.53 Å². The molecule has 1 aliphatic rings. The number of carbonyl (C=O) groups excluding carboxylic acids is 1. The fraction of sp³-hybridized carbons (Fsp3) is 0.182. The van der Waals surface area contributed by atoms with Gasteiger partial charge in [-0.1, -0.05) is 12.6 Å². The summed E-state index contributed by atoms with van der Waals surface area (Å²) in [6.07, 6.45) is 7.01. The number of amides is 1. The first-order valence-corrected chi connectivity index (χ1v) is 9.59. The molecule has 1 saturated carbocycles. The zero-order valence-electron chi connectivity index (χ0n) is 16.6. The largest absolute Gasteiger partial charge is 0.481 e. The number of aromatic nitrogens is 3. The Bertz CT molecular complexity index is 1060. The third-order valence-electron chi connectivity index (χ3n) is 4.61. The van der Waals surface area contributed by atoms with Crippen LogP contribution < -0.4 is 20.7 Å². The normalized spacial score (nSPS) is 12.7. The fourth-order valence-electron chi connectivity index (χ4n) is 2.95. The summed E-state index contributed by atoms with van der Waals surface area (Å²) in [7, 11) is 1.57. The van der Waals surface area contributed by atoms with E-state index in [4.69, 9.17) is 4.74 Å². The van der Waals surface area contributed by atoms with Crippen molar-refractivity contribution >= 4 is 34.7 Å². The molecule has 3 N–H and O–H groups in total. The number of carbonyl (C=O) groups is 1. The average Bonchev–Trinajstić information content (AvgIpc) is 3.60. The van der Waals surface area contributed by atoms with Crippen LogP contribution in [0.2, 0.25) is 0 Å². The van der Waals surface area contributed by atoms with Gasteiger partial charge in [-0.3, -0.25) is 4.79 Å². The number of hydrogen-bond donors (Lipinski definition) is 3. The molecule has 0 bridgehead atoms. The van der Waals surface area contributed by atoms with Gasteiger partial charge in [-0.15, -0.1) is 0 Å². The second-order valence-corrected chi connectivity index (χ2v) is 6.89. The van der Waals surface area contributed by atoms with Crippen molar-refractivity contribution in [3.05, 3.63) is 67.0 Å². The highest BCUT2D eigenvalue weighted by Gasteiger charge is 2.27. The van der Waals surface area contributed by atoms with E-state index in [0.29, 0.717) is 23.4 Å². The molecule has 1 aliphatic carbocycles. The lowest BCUT2D eigenvalue weighted by molar-refractivity contribution is -0.111. The highest BCUT2D eigenvalue weighted by Crippen LogP contribution is 2.43. The SMILES string of the molecule is C=CC(=O)Nc1cccc(Nc2nc(Nc3ccc(OC)nc3)ncc2C2CC2)c1. The van der Waals surface area contributed by atoms with Gasteiger partial charge in [-0.05, 0) is 49.1 Å². The Labute approximate surface area is 174 Å². The molecule has 2 aromatic heterocycles. The Morgan fingerprint density at radius 3 is 2.63 bits per heavy atom. The van der Waals surface area contributed by atoms with Crippen LogP contribution in [0.3, 0.4) is 0 Å². The smallest absolute Gasteiger partial charge is 0.247 e. The number of hydrogen-bond acceptors (Lipinski definition) is 7. The monoisotopic (exact) mass is 402 g/mol. The van der Waals surface area contributed by atoms with Crippen LogP contribution in [-0.2, 0) is 4.79 Å². The van der Waals surface area contributed by atoms with Crippen LogP contribution in [0.5, 0.6) is 5.88 Å². The summed E-state index contributed by atoms with van der Waals surface area (Å²) >= 11 is 0. The van der Waals surface area contributed by atoms with E-state index in [0.717, 1.165) is 35.6 Å². The molecule has 3 aromatic rings. The van der Waals surface area contributed by atoms with E-state index in [-0.39, 0.29) is 5.91 Å². The molecule has 0 atom stereocenters. The number of pyridine rings is 1. The molecule has 0 aliphatic heterocycles. The molecule has 8 heteroatoms. The van der Waals surface area contributed by atoms with E-state index in [2.05, 4.69) is 37.5 Å². The van der Waals surface area contributed by atoms with Gasteiger partial charge >= 0.3 is 0 Å². The van der Waals surface area contributed by atoms with Crippen molar-refractivity contribution in [1.82, 2.24) is 15.0 Å². The van der Waals surface area contributed by atoms with Gasteiger partial charge in [0.1, 0.15) is 5.82 Å². The molecule has 1 fully saturated rings. The van der Waals surface area contributed by atoms with Gasteiger partial charge in [0.05, 0.1) is 19.0 Å². The number of anilines is 5. The quantitative estimate of drug-likeness (QED) is 0.481.